The number of imidazole rings is 1. The lowest BCUT2D eigenvalue weighted by molar-refractivity contribution is -0.144. The number of likely N-dealkylation sites (tertiary alicyclic amines) is 2. The summed E-state index contributed by atoms with van der Waals surface area (Å²) in [5.41, 5.74) is -0.595. The smallest absolute Gasteiger partial charge is 0.411 e. The normalized spacial score (nSPS) is 24.5. The second-order valence-electron chi connectivity index (χ2n) is 11.0. The number of hydrogen-bond acceptors (Lipinski definition) is 5. The van der Waals surface area contributed by atoms with Crippen LogP contribution >= 0.6 is 0 Å². The molecule has 0 aliphatic carbocycles. The molecule has 3 heterocycles. The van der Waals surface area contributed by atoms with Crippen LogP contribution in [0.25, 0.3) is 0 Å². The van der Waals surface area contributed by atoms with E-state index in [1.165, 1.54) is 0 Å². The third-order valence-corrected chi connectivity index (χ3v) is 7.24. The van der Waals surface area contributed by atoms with Gasteiger partial charge in [-0.3, -0.25) is 19.8 Å². The molecule has 2 aliphatic rings. The van der Waals surface area contributed by atoms with Gasteiger partial charge in [-0.25, -0.2) is 9.78 Å². The van der Waals surface area contributed by atoms with Crippen molar-refractivity contribution in [3.63, 3.8) is 0 Å². The van der Waals surface area contributed by atoms with Crippen LogP contribution in [0.4, 0.5) is 10.7 Å². The van der Waals surface area contributed by atoms with Crippen LogP contribution in [0.15, 0.2) is 42.7 Å². The van der Waals surface area contributed by atoms with E-state index in [1.54, 1.807) is 21.9 Å². The summed E-state index contributed by atoms with van der Waals surface area (Å²) in [6.07, 6.45) is 4.81. The van der Waals surface area contributed by atoms with Crippen molar-refractivity contribution in [3.05, 3.63) is 48.3 Å². The van der Waals surface area contributed by atoms with E-state index in [1.807, 2.05) is 70.0 Å². The Hall–Kier alpha value is -3.36. The number of anilines is 1. The molecule has 3 amide bonds. The minimum Gasteiger partial charge on any atom is -0.444 e. The maximum Gasteiger partial charge on any atom is 0.411 e. The molecule has 2 fully saturated rings. The molecule has 0 saturated carbocycles. The molecule has 0 radical (unpaired) electrons. The van der Waals surface area contributed by atoms with Crippen LogP contribution in [0.1, 0.15) is 58.4 Å². The van der Waals surface area contributed by atoms with Crippen molar-refractivity contribution in [2.45, 2.75) is 64.0 Å². The Morgan fingerprint density at radius 1 is 1.14 bits per heavy atom. The molecule has 1 aromatic carbocycles. The number of aromatic nitrogens is 2. The Morgan fingerprint density at radius 3 is 2.50 bits per heavy atom. The molecule has 0 unspecified atom stereocenters. The average Bonchev–Trinajstić information content (AvgIpc) is 3.43. The number of nitrogens with zero attached hydrogens (tertiary/aromatic N) is 4. The Morgan fingerprint density at radius 2 is 1.86 bits per heavy atom. The van der Waals surface area contributed by atoms with Crippen LogP contribution in [-0.4, -0.2) is 68.0 Å². The number of nitrogens with one attached hydrogen (secondary N) is 1. The fourth-order valence-corrected chi connectivity index (χ4v) is 5.31. The average molecular weight is 496 g/mol. The first kappa shape index (κ1) is 25.7. The number of benzene rings is 1. The summed E-state index contributed by atoms with van der Waals surface area (Å²) in [7, 11) is 1.83. The molecule has 194 valence electrons. The summed E-state index contributed by atoms with van der Waals surface area (Å²) in [6, 6.07) is 9.85. The van der Waals surface area contributed by atoms with Gasteiger partial charge in [-0.2, -0.15) is 0 Å². The van der Waals surface area contributed by atoms with Gasteiger partial charge in [0.1, 0.15) is 11.1 Å². The lowest BCUT2D eigenvalue weighted by atomic mass is 9.79. The topological polar surface area (TPSA) is 96.8 Å². The number of hydrogen-bond donors (Lipinski definition) is 1. The highest BCUT2D eigenvalue weighted by atomic mass is 16.6. The molecule has 9 heteroatoms. The summed E-state index contributed by atoms with van der Waals surface area (Å²) in [4.78, 5) is 47.8. The number of carbonyl (C=O) groups is 3. The molecule has 2 saturated heterocycles. The molecule has 1 aromatic heterocycles. The first-order valence-corrected chi connectivity index (χ1v) is 12.6. The molecule has 4 rings (SSSR count). The van der Waals surface area contributed by atoms with Crippen molar-refractivity contribution in [2.24, 2.45) is 13.0 Å². The van der Waals surface area contributed by atoms with Gasteiger partial charge < -0.3 is 14.2 Å². The third kappa shape index (κ3) is 5.24. The molecule has 2 aliphatic heterocycles. The Labute approximate surface area is 212 Å². The zero-order chi connectivity index (χ0) is 26.1. The fraction of sp³-hybridized carbons (Fsp3) is 0.556. The highest BCUT2D eigenvalue weighted by Crippen LogP contribution is 2.38. The van der Waals surface area contributed by atoms with Gasteiger partial charge in [-0.05, 0) is 52.5 Å². The Balaban J connectivity index is 1.55. The SMILES string of the molecule is Cn1ccnc1NC(=O)[C@@H]1CCN(C(=O)[C@@]2(C)CCCN2C(=O)OC(C)(C)C)C[C@@H]1c1ccccc1. The second-order valence-corrected chi connectivity index (χ2v) is 11.0. The summed E-state index contributed by atoms with van der Waals surface area (Å²) in [5, 5.41) is 2.95. The predicted molar refractivity (Wildman–Crippen MR) is 136 cm³/mol. The van der Waals surface area contributed by atoms with E-state index >= 15 is 0 Å². The molecule has 2 aromatic rings. The van der Waals surface area contributed by atoms with Crippen molar-refractivity contribution in [3.8, 4) is 0 Å². The first-order chi connectivity index (χ1) is 17.0. The third-order valence-electron chi connectivity index (χ3n) is 7.24. The van der Waals surface area contributed by atoms with Gasteiger partial charge in [0.25, 0.3) is 0 Å². The molecular formula is C27H37N5O4. The van der Waals surface area contributed by atoms with E-state index in [0.29, 0.717) is 38.4 Å². The lowest BCUT2D eigenvalue weighted by Gasteiger charge is -2.43. The quantitative estimate of drug-likeness (QED) is 0.696. The van der Waals surface area contributed by atoms with Crippen LogP contribution in [0.2, 0.25) is 0 Å². The molecule has 9 nitrogen and oxygen atoms in total. The van der Waals surface area contributed by atoms with Crippen molar-refractivity contribution in [2.75, 3.05) is 25.0 Å². The molecule has 36 heavy (non-hydrogen) atoms. The summed E-state index contributed by atoms with van der Waals surface area (Å²) in [6.45, 7) is 8.64. The summed E-state index contributed by atoms with van der Waals surface area (Å²) < 4.78 is 7.37. The van der Waals surface area contributed by atoms with Gasteiger partial charge in [0.05, 0.1) is 0 Å². The number of ether oxygens (including phenoxy) is 1. The molecular weight excluding hydrogens is 458 g/mol. The number of carbonyl (C=O) groups excluding carboxylic acids is 3. The highest BCUT2D eigenvalue weighted by molar-refractivity contribution is 5.93. The van der Waals surface area contributed by atoms with Crippen molar-refractivity contribution >= 4 is 23.9 Å². The monoisotopic (exact) mass is 495 g/mol. The molecule has 0 bridgehead atoms. The summed E-state index contributed by atoms with van der Waals surface area (Å²) >= 11 is 0. The van der Waals surface area contributed by atoms with Crippen molar-refractivity contribution in [1.82, 2.24) is 19.4 Å². The first-order valence-electron chi connectivity index (χ1n) is 12.6. The van der Waals surface area contributed by atoms with Gasteiger partial charge in [0, 0.05) is 50.9 Å². The zero-order valence-corrected chi connectivity index (χ0v) is 21.9. The standard InChI is InChI=1S/C27H37N5O4/c1-26(2,3)36-25(35)32-15-9-13-27(32,4)23(34)31-16-12-20(21(18-31)19-10-7-6-8-11-19)22(33)29-24-28-14-17-30(24)5/h6-8,10-11,14,17,20-21H,9,12-13,15-16,18H2,1-5H3,(H,28,29,33)/t20-,21-,27-/m1/s1. The van der Waals surface area contributed by atoms with E-state index in [9.17, 15) is 14.4 Å². The van der Waals surface area contributed by atoms with E-state index in [4.69, 9.17) is 4.74 Å². The van der Waals surface area contributed by atoms with E-state index in [2.05, 4.69) is 10.3 Å². The van der Waals surface area contributed by atoms with Gasteiger partial charge in [0.2, 0.25) is 17.8 Å². The highest BCUT2D eigenvalue weighted by Gasteiger charge is 2.50. The van der Waals surface area contributed by atoms with Crippen LogP contribution < -0.4 is 5.32 Å². The number of amides is 3. The van der Waals surface area contributed by atoms with Crippen LogP contribution in [0.3, 0.4) is 0 Å². The Bertz CT molecular complexity index is 1110. The minimum atomic E-state index is -0.967. The molecule has 0 spiro atoms. The van der Waals surface area contributed by atoms with Gasteiger partial charge in [0.15, 0.2) is 0 Å². The van der Waals surface area contributed by atoms with Crippen LogP contribution in [-0.2, 0) is 21.4 Å². The molecule has 3 atom stereocenters. The minimum absolute atomic E-state index is 0.0882. The lowest BCUT2D eigenvalue weighted by Crippen LogP contribution is -2.59. The van der Waals surface area contributed by atoms with Gasteiger partial charge >= 0.3 is 6.09 Å². The van der Waals surface area contributed by atoms with Crippen LogP contribution in [0, 0.1) is 5.92 Å². The number of rotatable bonds is 4. The second kappa shape index (κ2) is 9.95. The zero-order valence-electron chi connectivity index (χ0n) is 21.9. The van der Waals surface area contributed by atoms with Gasteiger partial charge in [-0.1, -0.05) is 30.3 Å². The van der Waals surface area contributed by atoms with E-state index in [0.717, 1.165) is 12.0 Å². The maximum atomic E-state index is 13.9. The Kier molecular flexibility index (Phi) is 7.11. The van der Waals surface area contributed by atoms with E-state index in [-0.39, 0.29) is 23.7 Å². The predicted octanol–water partition coefficient (Wildman–Crippen LogP) is 3.78. The number of piperidine rings is 1. The van der Waals surface area contributed by atoms with Crippen molar-refractivity contribution < 1.29 is 19.1 Å². The maximum absolute atomic E-state index is 13.9. The van der Waals surface area contributed by atoms with Crippen molar-refractivity contribution in [1.29, 1.82) is 0 Å². The van der Waals surface area contributed by atoms with E-state index < -0.39 is 17.2 Å². The summed E-state index contributed by atoms with van der Waals surface area (Å²) in [5.74, 6) is -0.185. The largest absolute Gasteiger partial charge is 0.444 e. The fourth-order valence-electron chi connectivity index (χ4n) is 5.31. The van der Waals surface area contributed by atoms with Gasteiger partial charge in [-0.15, -0.1) is 0 Å². The number of aryl methyl sites for hydroxylation is 1. The van der Waals surface area contributed by atoms with Crippen LogP contribution in [0.5, 0.6) is 0 Å². The molecule has 1 N–H and O–H groups in total.